The number of amides is 2. The number of halogens is 8. The Labute approximate surface area is 251 Å². The molecule has 2 amide bonds. The number of urea groups is 1. The quantitative estimate of drug-likeness (QED) is 0.345. The zero-order valence-electron chi connectivity index (χ0n) is 23.3. The summed E-state index contributed by atoms with van der Waals surface area (Å²) in [7, 11) is -4.70. The van der Waals surface area contributed by atoms with E-state index in [1.165, 1.54) is 4.90 Å². The van der Waals surface area contributed by atoms with Crippen LogP contribution < -0.4 is 4.74 Å². The van der Waals surface area contributed by atoms with Crippen molar-refractivity contribution in [3.05, 3.63) is 59.4 Å². The van der Waals surface area contributed by atoms with Crippen LogP contribution in [0.3, 0.4) is 0 Å². The molecule has 3 heterocycles. The number of piperidine rings is 1. The molecule has 3 aliphatic rings. The number of carboxylic acid groups (broad SMARTS) is 1. The molecule has 0 bridgehead atoms. The SMILES string of the molecule is CC1CN(C(=O)N2CCC3(S(=O)(=O)c4ccc(F)cc4)c4ccc(C(F)(C(F)(F)F)C(F)(F)F)cc4OCC23)CCC1C(=O)O. The summed E-state index contributed by atoms with van der Waals surface area (Å²) in [6.45, 7) is 0.719. The molecule has 4 atom stereocenters. The van der Waals surface area contributed by atoms with Crippen molar-refractivity contribution in [3.63, 3.8) is 0 Å². The van der Waals surface area contributed by atoms with E-state index in [1.54, 1.807) is 6.92 Å². The summed E-state index contributed by atoms with van der Waals surface area (Å²) in [6, 6.07) is 2.49. The molecule has 0 spiro atoms. The lowest BCUT2D eigenvalue weighted by Crippen LogP contribution is -2.58. The lowest BCUT2D eigenvalue weighted by atomic mass is 9.85. The molecule has 8 nitrogen and oxygen atoms in total. The number of sulfone groups is 1. The number of alkyl halides is 7. The van der Waals surface area contributed by atoms with Gasteiger partial charge in [-0.15, -0.1) is 0 Å². The first-order chi connectivity index (χ1) is 20.8. The molecular weight excluding hydrogens is 644 g/mol. The van der Waals surface area contributed by atoms with E-state index in [0.29, 0.717) is 6.07 Å². The highest BCUT2D eigenvalue weighted by Crippen LogP contribution is 2.57. The second kappa shape index (κ2) is 10.7. The van der Waals surface area contributed by atoms with E-state index in [9.17, 15) is 58.2 Å². The molecule has 2 fully saturated rings. The Kier molecular flexibility index (Phi) is 7.81. The van der Waals surface area contributed by atoms with Crippen LogP contribution in [-0.2, 0) is 25.0 Å². The molecule has 0 saturated carbocycles. The average Bonchev–Trinajstić information content (AvgIpc) is 3.36. The minimum Gasteiger partial charge on any atom is -0.491 e. The number of benzene rings is 2. The second-order valence-corrected chi connectivity index (χ2v) is 13.6. The smallest absolute Gasteiger partial charge is 0.435 e. The number of fused-ring (bicyclic) bond motifs is 3. The molecule has 45 heavy (non-hydrogen) atoms. The van der Waals surface area contributed by atoms with E-state index >= 15 is 0 Å². The zero-order valence-corrected chi connectivity index (χ0v) is 24.1. The van der Waals surface area contributed by atoms with Gasteiger partial charge in [-0.05, 0) is 49.1 Å². The number of likely N-dealkylation sites (tertiary alicyclic amines) is 2. The van der Waals surface area contributed by atoms with Crippen LogP contribution >= 0.6 is 0 Å². The monoisotopic (exact) mass is 670 g/mol. The summed E-state index contributed by atoms with van der Waals surface area (Å²) >= 11 is 0. The lowest BCUT2D eigenvalue weighted by molar-refractivity contribution is -0.348. The van der Waals surface area contributed by atoms with Crippen molar-refractivity contribution in [2.75, 3.05) is 26.2 Å². The normalized spacial score (nSPS) is 25.8. The molecule has 246 valence electrons. The van der Waals surface area contributed by atoms with Crippen molar-refractivity contribution in [1.29, 1.82) is 0 Å². The largest absolute Gasteiger partial charge is 0.491 e. The Hall–Kier alpha value is -3.63. The van der Waals surface area contributed by atoms with Gasteiger partial charge in [0.2, 0.25) is 0 Å². The van der Waals surface area contributed by atoms with E-state index < -0.39 is 96.7 Å². The molecule has 2 aromatic carbocycles. The van der Waals surface area contributed by atoms with Gasteiger partial charge in [-0.1, -0.05) is 19.1 Å². The number of nitrogens with zero attached hydrogens (tertiary/aromatic N) is 2. The van der Waals surface area contributed by atoms with E-state index in [1.807, 2.05) is 0 Å². The first-order valence-corrected chi connectivity index (χ1v) is 15.1. The molecule has 3 aliphatic heterocycles. The molecule has 0 aliphatic carbocycles. The van der Waals surface area contributed by atoms with Crippen molar-refractivity contribution < 1.29 is 63.0 Å². The van der Waals surface area contributed by atoms with E-state index in [2.05, 4.69) is 0 Å². The van der Waals surface area contributed by atoms with Gasteiger partial charge in [0.15, 0.2) is 9.84 Å². The first-order valence-electron chi connectivity index (χ1n) is 13.7. The third-order valence-corrected chi connectivity index (χ3v) is 11.5. The highest BCUT2D eigenvalue weighted by Gasteiger charge is 2.74. The maximum atomic E-state index is 14.9. The molecule has 2 saturated heterocycles. The van der Waals surface area contributed by atoms with Crippen LogP contribution in [0.2, 0.25) is 0 Å². The van der Waals surface area contributed by atoms with Crippen molar-refractivity contribution in [3.8, 4) is 5.75 Å². The van der Waals surface area contributed by atoms with Gasteiger partial charge in [-0.3, -0.25) is 4.79 Å². The van der Waals surface area contributed by atoms with Crippen LogP contribution in [0.4, 0.5) is 39.9 Å². The number of ether oxygens (including phenoxy) is 1. The van der Waals surface area contributed by atoms with Crippen LogP contribution in [0.15, 0.2) is 47.4 Å². The third kappa shape index (κ3) is 4.88. The second-order valence-electron chi connectivity index (χ2n) is 11.4. The topological polar surface area (TPSA) is 104 Å². The van der Waals surface area contributed by atoms with Crippen molar-refractivity contribution in [2.45, 2.75) is 53.5 Å². The molecule has 5 rings (SSSR count). The van der Waals surface area contributed by atoms with E-state index in [-0.39, 0.29) is 44.6 Å². The summed E-state index contributed by atoms with van der Waals surface area (Å²) in [5, 5.41) is 9.43. The number of carbonyl (C=O) groups is 2. The summed E-state index contributed by atoms with van der Waals surface area (Å²) in [4.78, 5) is 27.3. The summed E-state index contributed by atoms with van der Waals surface area (Å²) in [5.41, 5.74) is -8.09. The molecule has 1 N–H and O–H groups in total. The fourth-order valence-electron chi connectivity index (χ4n) is 6.64. The van der Waals surface area contributed by atoms with Crippen LogP contribution in [-0.4, -0.2) is 80.0 Å². The van der Waals surface area contributed by atoms with Gasteiger partial charge in [0.05, 0.1) is 16.9 Å². The highest BCUT2D eigenvalue weighted by atomic mass is 32.2. The predicted octanol–water partition coefficient (Wildman–Crippen LogP) is 5.41. The average molecular weight is 671 g/mol. The zero-order chi connectivity index (χ0) is 33.3. The fourth-order valence-corrected chi connectivity index (χ4v) is 8.93. The van der Waals surface area contributed by atoms with Crippen LogP contribution in [0, 0.1) is 17.7 Å². The van der Waals surface area contributed by atoms with Crippen molar-refractivity contribution in [1.82, 2.24) is 9.80 Å². The maximum Gasteiger partial charge on any atom is 0.435 e. The maximum absolute atomic E-state index is 14.9. The molecule has 4 unspecified atom stereocenters. The van der Waals surface area contributed by atoms with Crippen molar-refractivity contribution >= 4 is 21.8 Å². The minimum atomic E-state index is -6.43. The Balaban J connectivity index is 1.62. The number of carboxylic acids is 1. The first kappa shape index (κ1) is 32.8. The summed E-state index contributed by atoms with van der Waals surface area (Å²) < 4.78 is 142. The molecule has 0 radical (unpaired) electrons. The number of hydrogen-bond donors (Lipinski definition) is 1. The molecule has 0 aromatic heterocycles. The summed E-state index contributed by atoms with van der Waals surface area (Å²) in [6.07, 6.45) is -13.1. The number of rotatable bonds is 4. The Morgan fingerprint density at radius 3 is 2.16 bits per heavy atom. The van der Waals surface area contributed by atoms with Crippen LogP contribution in [0.25, 0.3) is 0 Å². The Morgan fingerprint density at radius 1 is 0.978 bits per heavy atom. The van der Waals surface area contributed by atoms with Crippen LogP contribution in [0.1, 0.15) is 30.9 Å². The van der Waals surface area contributed by atoms with Crippen LogP contribution in [0.5, 0.6) is 5.75 Å². The Morgan fingerprint density at radius 2 is 1.60 bits per heavy atom. The van der Waals surface area contributed by atoms with Gasteiger partial charge in [-0.2, -0.15) is 26.3 Å². The third-order valence-electron chi connectivity index (χ3n) is 8.99. The Bertz CT molecular complexity index is 1600. The van der Waals surface area contributed by atoms with E-state index in [4.69, 9.17) is 4.74 Å². The predicted molar refractivity (Wildman–Crippen MR) is 139 cm³/mol. The number of hydrogen-bond acceptors (Lipinski definition) is 5. The molecule has 2 aromatic rings. The van der Waals surface area contributed by atoms with Gasteiger partial charge in [0, 0.05) is 30.8 Å². The standard InChI is InChI=1S/C28H26F8N2O6S/c1-15-13-37(10-8-19(15)23(39)40)24(41)38-11-9-25(45(42,43)18-5-3-17(29)4-6-18)20-7-2-16(12-21(20)44-14-22(25)38)26(30,27(31,32)33)28(34,35)36/h2-7,12,15,19,22H,8-11,13-14H2,1H3,(H,39,40). The fraction of sp³-hybridized carbons (Fsp3) is 0.500. The number of aliphatic carboxylic acids is 1. The minimum absolute atomic E-state index is 0.0189. The van der Waals surface area contributed by atoms with Gasteiger partial charge in [-0.25, -0.2) is 22.0 Å². The van der Waals surface area contributed by atoms with Gasteiger partial charge in [0.1, 0.15) is 22.9 Å². The number of carbonyl (C=O) groups excluding carboxylic acids is 1. The van der Waals surface area contributed by atoms with Gasteiger partial charge < -0.3 is 19.6 Å². The van der Waals surface area contributed by atoms with E-state index in [0.717, 1.165) is 29.2 Å². The highest BCUT2D eigenvalue weighted by molar-refractivity contribution is 7.92. The molecule has 17 heteroatoms. The lowest BCUT2D eigenvalue weighted by Gasteiger charge is -2.44. The molecular formula is C28H26F8N2O6S. The summed E-state index contributed by atoms with van der Waals surface area (Å²) in [5.74, 6) is -3.76. The van der Waals surface area contributed by atoms with Gasteiger partial charge in [0.25, 0.3) is 0 Å². The van der Waals surface area contributed by atoms with Crippen molar-refractivity contribution in [2.24, 2.45) is 11.8 Å². The van der Waals surface area contributed by atoms with Gasteiger partial charge >= 0.3 is 30.0 Å².